The lowest BCUT2D eigenvalue weighted by Crippen LogP contribution is -2.37. The molecule has 1 aliphatic rings. The van der Waals surface area contributed by atoms with Crippen molar-refractivity contribution in [1.82, 2.24) is 14.9 Å². The molecule has 0 amide bonds. The molecule has 3 rings (SSSR count). The first-order valence-corrected chi connectivity index (χ1v) is 7.24. The normalized spacial score (nSPS) is 25.2. The zero-order valence-corrected chi connectivity index (χ0v) is 10.5. The van der Waals surface area contributed by atoms with Crippen molar-refractivity contribution < 1.29 is 4.21 Å². The van der Waals surface area contributed by atoms with Crippen LogP contribution in [0, 0.1) is 0 Å². The lowest BCUT2D eigenvalue weighted by atomic mass is 10.3. The number of hydrogen-bond donors (Lipinski definition) is 1. The Balaban J connectivity index is 2.05. The number of rotatable bonds is 1. The molecule has 2 aromatic rings. The van der Waals surface area contributed by atoms with E-state index in [-0.39, 0.29) is 6.04 Å². The van der Waals surface area contributed by atoms with Gasteiger partial charge in [-0.2, -0.15) is 0 Å². The average Bonchev–Trinajstić information content (AvgIpc) is 2.68. The van der Waals surface area contributed by atoms with Gasteiger partial charge in [0.1, 0.15) is 5.82 Å². The quantitative estimate of drug-likeness (QED) is 0.819. The molecule has 0 spiro atoms. The third-order valence-electron chi connectivity index (χ3n) is 3.21. The van der Waals surface area contributed by atoms with Crippen LogP contribution < -0.4 is 5.32 Å². The van der Waals surface area contributed by atoms with Crippen LogP contribution in [-0.2, 0) is 17.8 Å². The molecule has 0 radical (unpaired) electrons. The highest BCUT2D eigenvalue weighted by Gasteiger charge is 2.23. The number of hydrogen-bond acceptors (Lipinski definition) is 3. The van der Waals surface area contributed by atoms with Gasteiger partial charge in [-0.05, 0) is 12.1 Å². The third kappa shape index (κ3) is 1.89. The highest BCUT2D eigenvalue weighted by molar-refractivity contribution is 7.85. The molecule has 2 atom stereocenters. The van der Waals surface area contributed by atoms with Gasteiger partial charge in [-0.25, -0.2) is 4.98 Å². The Labute approximate surface area is 102 Å². The number of para-hydroxylation sites is 2. The lowest BCUT2D eigenvalue weighted by Gasteiger charge is -2.22. The van der Waals surface area contributed by atoms with Gasteiger partial charge in [-0.3, -0.25) is 4.21 Å². The second-order valence-corrected chi connectivity index (χ2v) is 5.96. The number of nitrogens with one attached hydrogen (secondary N) is 1. The molecule has 2 heterocycles. The average molecular weight is 249 g/mol. The maximum absolute atomic E-state index is 11.6. The first kappa shape index (κ1) is 10.9. The molecule has 5 heteroatoms. The van der Waals surface area contributed by atoms with Crippen LogP contribution in [0.4, 0.5) is 0 Å². The fraction of sp³-hybridized carbons (Fsp3) is 0.417. The van der Waals surface area contributed by atoms with Gasteiger partial charge in [0.05, 0.1) is 17.1 Å². The van der Waals surface area contributed by atoms with Gasteiger partial charge in [0.2, 0.25) is 0 Å². The van der Waals surface area contributed by atoms with Crippen LogP contribution in [-0.4, -0.2) is 31.8 Å². The van der Waals surface area contributed by atoms with E-state index in [4.69, 9.17) is 0 Å². The molecule has 0 bridgehead atoms. The SMILES string of the molecule is Cn1c(C2CS(=O)CCN2)nc2ccccc21. The van der Waals surface area contributed by atoms with Crippen molar-refractivity contribution in [2.45, 2.75) is 6.04 Å². The zero-order chi connectivity index (χ0) is 11.8. The minimum absolute atomic E-state index is 0.113. The highest BCUT2D eigenvalue weighted by Crippen LogP contribution is 2.21. The van der Waals surface area contributed by atoms with Crippen molar-refractivity contribution in [3.8, 4) is 0 Å². The van der Waals surface area contributed by atoms with Crippen LogP contribution in [0.15, 0.2) is 24.3 Å². The van der Waals surface area contributed by atoms with Crippen molar-refractivity contribution >= 4 is 21.8 Å². The van der Waals surface area contributed by atoms with Crippen LogP contribution in [0.5, 0.6) is 0 Å². The Morgan fingerprint density at radius 1 is 1.47 bits per heavy atom. The Kier molecular flexibility index (Phi) is 2.72. The summed E-state index contributed by atoms with van der Waals surface area (Å²) in [6.07, 6.45) is 0. The van der Waals surface area contributed by atoms with E-state index in [0.717, 1.165) is 29.2 Å². The molecular weight excluding hydrogens is 234 g/mol. The van der Waals surface area contributed by atoms with E-state index >= 15 is 0 Å². The monoisotopic (exact) mass is 249 g/mol. The Morgan fingerprint density at radius 2 is 2.29 bits per heavy atom. The van der Waals surface area contributed by atoms with Gasteiger partial charge in [0.25, 0.3) is 0 Å². The molecule has 1 aromatic heterocycles. The van der Waals surface area contributed by atoms with Crippen LogP contribution in [0.1, 0.15) is 11.9 Å². The number of aryl methyl sites for hydroxylation is 1. The topological polar surface area (TPSA) is 46.9 Å². The molecule has 0 aliphatic carbocycles. The van der Waals surface area contributed by atoms with Gasteiger partial charge in [-0.1, -0.05) is 12.1 Å². The zero-order valence-electron chi connectivity index (χ0n) is 9.72. The van der Waals surface area contributed by atoms with Gasteiger partial charge < -0.3 is 9.88 Å². The fourth-order valence-electron chi connectivity index (χ4n) is 2.32. The summed E-state index contributed by atoms with van der Waals surface area (Å²) in [6.45, 7) is 0.806. The summed E-state index contributed by atoms with van der Waals surface area (Å²) >= 11 is 0. The molecule has 1 fully saturated rings. The molecule has 4 nitrogen and oxygen atoms in total. The summed E-state index contributed by atoms with van der Waals surface area (Å²) in [5, 5.41) is 3.39. The van der Waals surface area contributed by atoms with Crippen molar-refractivity contribution in [2.24, 2.45) is 7.05 Å². The largest absolute Gasteiger partial charge is 0.330 e. The molecule has 1 N–H and O–H groups in total. The molecule has 1 saturated heterocycles. The van der Waals surface area contributed by atoms with Gasteiger partial charge in [0, 0.05) is 35.9 Å². The Morgan fingerprint density at radius 3 is 3.06 bits per heavy atom. The van der Waals surface area contributed by atoms with E-state index in [1.165, 1.54) is 0 Å². The predicted octanol–water partition coefficient (Wildman–Crippen LogP) is 0.966. The molecule has 1 aromatic carbocycles. The predicted molar refractivity (Wildman–Crippen MR) is 69.3 cm³/mol. The third-order valence-corrected chi connectivity index (χ3v) is 4.57. The Hall–Kier alpha value is -1.20. The van der Waals surface area contributed by atoms with Crippen LogP contribution >= 0.6 is 0 Å². The molecule has 17 heavy (non-hydrogen) atoms. The highest BCUT2D eigenvalue weighted by atomic mass is 32.2. The first-order chi connectivity index (χ1) is 8.25. The van der Waals surface area contributed by atoms with E-state index in [0.29, 0.717) is 5.75 Å². The lowest BCUT2D eigenvalue weighted by molar-refractivity contribution is 0.535. The van der Waals surface area contributed by atoms with Crippen LogP contribution in [0.25, 0.3) is 11.0 Å². The first-order valence-electron chi connectivity index (χ1n) is 5.75. The summed E-state index contributed by atoms with van der Waals surface area (Å²) in [6, 6.07) is 8.19. The van der Waals surface area contributed by atoms with Crippen LogP contribution in [0.2, 0.25) is 0 Å². The number of benzene rings is 1. The number of imidazole rings is 1. The second kappa shape index (κ2) is 4.23. The molecule has 2 unspecified atom stereocenters. The number of fused-ring (bicyclic) bond motifs is 1. The maximum atomic E-state index is 11.6. The number of nitrogens with zero attached hydrogens (tertiary/aromatic N) is 2. The second-order valence-electron chi connectivity index (χ2n) is 4.34. The van der Waals surface area contributed by atoms with E-state index in [1.54, 1.807) is 0 Å². The van der Waals surface area contributed by atoms with Crippen molar-refractivity contribution in [3.63, 3.8) is 0 Å². The standard InChI is InChI=1S/C12H15N3OS/c1-15-11-5-3-2-4-9(11)14-12(15)10-8-17(16)7-6-13-10/h2-5,10,13H,6-8H2,1H3. The Bertz CT molecular complexity index is 578. The fourth-order valence-corrected chi connectivity index (χ4v) is 3.47. The van der Waals surface area contributed by atoms with Crippen LogP contribution in [0.3, 0.4) is 0 Å². The van der Waals surface area contributed by atoms with E-state index in [9.17, 15) is 4.21 Å². The summed E-state index contributed by atoms with van der Waals surface area (Å²) in [4.78, 5) is 4.64. The summed E-state index contributed by atoms with van der Waals surface area (Å²) in [7, 11) is 1.30. The molecule has 90 valence electrons. The van der Waals surface area contributed by atoms with Gasteiger partial charge in [-0.15, -0.1) is 0 Å². The minimum atomic E-state index is -0.717. The number of aromatic nitrogens is 2. The molecule has 0 saturated carbocycles. The van der Waals surface area contributed by atoms with Crippen molar-refractivity contribution in [3.05, 3.63) is 30.1 Å². The van der Waals surface area contributed by atoms with E-state index < -0.39 is 10.8 Å². The molecular formula is C12H15N3OS. The summed E-state index contributed by atoms with van der Waals surface area (Å²) in [5.74, 6) is 2.40. The van der Waals surface area contributed by atoms with E-state index in [2.05, 4.69) is 20.9 Å². The van der Waals surface area contributed by atoms with E-state index in [1.807, 2.05) is 25.2 Å². The smallest absolute Gasteiger partial charge is 0.127 e. The van der Waals surface area contributed by atoms with Crippen molar-refractivity contribution in [1.29, 1.82) is 0 Å². The summed E-state index contributed by atoms with van der Waals surface area (Å²) < 4.78 is 13.7. The maximum Gasteiger partial charge on any atom is 0.127 e. The summed E-state index contributed by atoms with van der Waals surface area (Å²) in [5.41, 5.74) is 2.13. The molecule has 1 aliphatic heterocycles. The van der Waals surface area contributed by atoms with Gasteiger partial charge >= 0.3 is 0 Å². The van der Waals surface area contributed by atoms with Crippen molar-refractivity contribution in [2.75, 3.05) is 18.1 Å². The van der Waals surface area contributed by atoms with Gasteiger partial charge in [0.15, 0.2) is 0 Å². The minimum Gasteiger partial charge on any atom is -0.330 e.